The van der Waals surface area contributed by atoms with E-state index in [0.29, 0.717) is 5.69 Å². The number of rotatable bonds is 6. The highest BCUT2D eigenvalue weighted by Crippen LogP contribution is 2.35. The molecule has 0 spiro atoms. The molecule has 0 aromatic heterocycles. The van der Waals surface area contributed by atoms with Crippen molar-refractivity contribution in [1.82, 2.24) is 10.0 Å². The number of hydrogen-bond acceptors (Lipinski definition) is 6. The molecule has 1 atom stereocenters. The predicted octanol–water partition coefficient (Wildman–Crippen LogP) is 0.691. The summed E-state index contributed by atoms with van der Waals surface area (Å²) in [5, 5.41) is 14.4. The number of sulfonamides is 1. The molecule has 0 saturated carbocycles. The Labute approximate surface area is 129 Å². The van der Waals surface area contributed by atoms with E-state index in [2.05, 4.69) is 10.0 Å². The summed E-state index contributed by atoms with van der Waals surface area (Å²) < 4.78 is 25.8. The number of benzene rings is 1. The van der Waals surface area contributed by atoms with Gasteiger partial charge in [0.15, 0.2) is 0 Å². The molecule has 8 nitrogen and oxygen atoms in total. The summed E-state index contributed by atoms with van der Waals surface area (Å²) in [7, 11) is -0.586. The Kier molecular flexibility index (Phi) is 4.99. The van der Waals surface area contributed by atoms with Crippen molar-refractivity contribution in [2.75, 3.05) is 32.1 Å². The van der Waals surface area contributed by atoms with Gasteiger partial charge in [0.1, 0.15) is 5.69 Å². The van der Waals surface area contributed by atoms with Gasteiger partial charge >= 0.3 is 0 Å². The third kappa shape index (κ3) is 3.21. The number of nitrogens with zero attached hydrogens (tertiary/aromatic N) is 2. The van der Waals surface area contributed by atoms with Gasteiger partial charge in [-0.3, -0.25) is 10.1 Å². The molecular weight excluding hydrogens is 308 g/mol. The van der Waals surface area contributed by atoms with Crippen molar-refractivity contribution in [3.63, 3.8) is 0 Å². The Hall–Kier alpha value is -1.71. The molecule has 22 heavy (non-hydrogen) atoms. The summed E-state index contributed by atoms with van der Waals surface area (Å²) in [6, 6.07) is 4.23. The fourth-order valence-corrected chi connectivity index (χ4v) is 3.53. The Bertz CT molecular complexity index is 662. The lowest BCUT2D eigenvalue weighted by molar-refractivity contribution is -0.384. The van der Waals surface area contributed by atoms with Gasteiger partial charge < -0.3 is 10.2 Å². The highest BCUT2D eigenvalue weighted by molar-refractivity contribution is 7.89. The van der Waals surface area contributed by atoms with Crippen molar-refractivity contribution >= 4 is 21.4 Å². The Balaban J connectivity index is 2.46. The van der Waals surface area contributed by atoms with Crippen LogP contribution in [0.25, 0.3) is 0 Å². The van der Waals surface area contributed by atoms with Gasteiger partial charge in [0.25, 0.3) is 5.69 Å². The average molecular weight is 328 g/mol. The maximum Gasteiger partial charge on any atom is 0.293 e. The molecule has 1 heterocycles. The van der Waals surface area contributed by atoms with Gasteiger partial charge in [-0.05, 0) is 39.1 Å². The molecule has 0 radical (unpaired) electrons. The van der Waals surface area contributed by atoms with Gasteiger partial charge in [-0.2, -0.15) is 0 Å². The lowest BCUT2D eigenvalue weighted by Gasteiger charge is -2.26. The van der Waals surface area contributed by atoms with Gasteiger partial charge in [-0.15, -0.1) is 0 Å². The lowest BCUT2D eigenvalue weighted by atomic mass is 10.2. The van der Waals surface area contributed by atoms with Crippen molar-refractivity contribution in [3.05, 3.63) is 28.3 Å². The molecule has 1 aromatic carbocycles. The molecule has 0 amide bonds. The minimum atomic E-state index is -3.70. The van der Waals surface area contributed by atoms with Crippen LogP contribution < -0.4 is 14.9 Å². The first kappa shape index (κ1) is 16.7. The first-order valence-electron chi connectivity index (χ1n) is 7.04. The van der Waals surface area contributed by atoms with Crippen molar-refractivity contribution in [2.24, 2.45) is 0 Å². The molecule has 9 heteroatoms. The van der Waals surface area contributed by atoms with Crippen LogP contribution in [0.2, 0.25) is 0 Å². The van der Waals surface area contributed by atoms with E-state index in [1.807, 2.05) is 11.9 Å². The van der Waals surface area contributed by atoms with Gasteiger partial charge in [-0.1, -0.05) is 0 Å². The minimum absolute atomic E-state index is 0.102. The number of nitro groups is 1. The molecule has 0 aliphatic carbocycles. The SMILES string of the molecule is CNCC1CCCN1c1ccc(S(=O)(=O)NC)cc1[N+](=O)[O-]. The van der Waals surface area contributed by atoms with Crippen LogP contribution >= 0.6 is 0 Å². The Morgan fingerprint density at radius 2 is 2.14 bits per heavy atom. The Morgan fingerprint density at radius 1 is 1.41 bits per heavy atom. The number of anilines is 1. The fraction of sp³-hybridized carbons (Fsp3) is 0.538. The quantitative estimate of drug-likeness (QED) is 0.588. The van der Waals surface area contributed by atoms with Gasteiger partial charge in [0, 0.05) is 25.2 Å². The van der Waals surface area contributed by atoms with E-state index in [0.717, 1.165) is 32.0 Å². The summed E-state index contributed by atoms with van der Waals surface area (Å²) >= 11 is 0. The summed E-state index contributed by atoms with van der Waals surface area (Å²) in [4.78, 5) is 12.7. The van der Waals surface area contributed by atoms with Crippen LogP contribution in [0.3, 0.4) is 0 Å². The highest BCUT2D eigenvalue weighted by Gasteiger charge is 2.30. The molecule has 1 aliphatic rings. The average Bonchev–Trinajstić information content (AvgIpc) is 2.95. The second kappa shape index (κ2) is 6.59. The van der Waals surface area contributed by atoms with Crippen molar-refractivity contribution in [2.45, 2.75) is 23.8 Å². The van der Waals surface area contributed by atoms with E-state index in [-0.39, 0.29) is 16.6 Å². The fourth-order valence-electron chi connectivity index (χ4n) is 2.78. The lowest BCUT2D eigenvalue weighted by Crippen LogP contribution is -2.37. The summed E-state index contributed by atoms with van der Waals surface area (Å²) in [6.07, 6.45) is 1.91. The molecule has 1 unspecified atom stereocenters. The third-order valence-electron chi connectivity index (χ3n) is 3.85. The molecule has 122 valence electrons. The first-order chi connectivity index (χ1) is 10.4. The third-order valence-corrected chi connectivity index (χ3v) is 5.26. The maximum atomic E-state index is 11.8. The van der Waals surface area contributed by atoms with Crippen LogP contribution in [0.1, 0.15) is 12.8 Å². The molecule has 1 aliphatic heterocycles. The molecule has 1 saturated heterocycles. The van der Waals surface area contributed by atoms with E-state index < -0.39 is 14.9 Å². The van der Waals surface area contributed by atoms with E-state index in [1.165, 1.54) is 19.2 Å². The van der Waals surface area contributed by atoms with Crippen LogP contribution in [-0.2, 0) is 10.0 Å². The molecule has 1 fully saturated rings. The predicted molar refractivity (Wildman–Crippen MR) is 83.6 cm³/mol. The second-order valence-electron chi connectivity index (χ2n) is 5.16. The van der Waals surface area contributed by atoms with Crippen LogP contribution in [0, 0.1) is 10.1 Å². The van der Waals surface area contributed by atoms with Crippen LogP contribution in [0.4, 0.5) is 11.4 Å². The molecule has 2 N–H and O–H groups in total. The standard InChI is InChI=1S/C13H20N4O4S/c1-14-9-10-4-3-7-16(10)12-6-5-11(22(20,21)15-2)8-13(12)17(18)19/h5-6,8,10,14-15H,3-4,7,9H2,1-2H3. The van der Waals surface area contributed by atoms with Crippen LogP contribution in [0.15, 0.2) is 23.1 Å². The monoisotopic (exact) mass is 328 g/mol. The number of hydrogen-bond donors (Lipinski definition) is 2. The topological polar surface area (TPSA) is 105 Å². The largest absolute Gasteiger partial charge is 0.362 e. The highest BCUT2D eigenvalue weighted by atomic mass is 32.2. The van der Waals surface area contributed by atoms with Crippen molar-refractivity contribution < 1.29 is 13.3 Å². The van der Waals surface area contributed by atoms with Crippen LogP contribution in [-0.4, -0.2) is 46.6 Å². The Morgan fingerprint density at radius 3 is 2.73 bits per heavy atom. The number of likely N-dealkylation sites (N-methyl/N-ethyl adjacent to an activating group) is 1. The first-order valence-corrected chi connectivity index (χ1v) is 8.52. The summed E-state index contributed by atoms with van der Waals surface area (Å²) in [6.45, 7) is 1.46. The maximum absolute atomic E-state index is 11.8. The molecular formula is C13H20N4O4S. The summed E-state index contributed by atoms with van der Waals surface area (Å²) in [5.74, 6) is 0. The van der Waals surface area contributed by atoms with Crippen molar-refractivity contribution in [3.8, 4) is 0 Å². The molecule has 0 bridgehead atoms. The zero-order chi connectivity index (χ0) is 16.3. The van der Waals surface area contributed by atoms with Gasteiger partial charge in [0.05, 0.1) is 9.82 Å². The normalized spacial score (nSPS) is 18.6. The number of nitro benzene ring substituents is 1. The van der Waals surface area contributed by atoms with E-state index in [4.69, 9.17) is 0 Å². The van der Waals surface area contributed by atoms with E-state index in [9.17, 15) is 18.5 Å². The van der Waals surface area contributed by atoms with Crippen LogP contribution in [0.5, 0.6) is 0 Å². The minimum Gasteiger partial charge on any atom is -0.362 e. The van der Waals surface area contributed by atoms with E-state index in [1.54, 1.807) is 0 Å². The number of nitrogens with one attached hydrogen (secondary N) is 2. The molecule has 1 aromatic rings. The van der Waals surface area contributed by atoms with E-state index >= 15 is 0 Å². The zero-order valence-corrected chi connectivity index (χ0v) is 13.4. The second-order valence-corrected chi connectivity index (χ2v) is 7.05. The zero-order valence-electron chi connectivity index (χ0n) is 12.6. The van der Waals surface area contributed by atoms with Gasteiger partial charge in [0.2, 0.25) is 10.0 Å². The summed E-state index contributed by atoms with van der Waals surface area (Å²) in [5.41, 5.74) is 0.289. The smallest absolute Gasteiger partial charge is 0.293 e. The van der Waals surface area contributed by atoms with Crippen molar-refractivity contribution in [1.29, 1.82) is 0 Å². The molecule has 2 rings (SSSR count). The van der Waals surface area contributed by atoms with Gasteiger partial charge in [-0.25, -0.2) is 13.1 Å².